The van der Waals surface area contributed by atoms with Crippen LogP contribution >= 0.6 is 27.5 Å². The molecule has 2 rings (SSSR count). The van der Waals surface area contributed by atoms with E-state index in [0.29, 0.717) is 12.4 Å². The van der Waals surface area contributed by atoms with Gasteiger partial charge in [0.05, 0.1) is 20.3 Å². The van der Waals surface area contributed by atoms with Crippen LogP contribution in [0.5, 0.6) is 5.88 Å². The summed E-state index contributed by atoms with van der Waals surface area (Å²) in [5.74, 6) is 0.634. The van der Waals surface area contributed by atoms with Crippen LogP contribution in [0.15, 0.2) is 28.7 Å². The van der Waals surface area contributed by atoms with Gasteiger partial charge < -0.3 is 15.2 Å². The highest BCUT2D eigenvalue weighted by molar-refractivity contribution is 9.10. The summed E-state index contributed by atoms with van der Waals surface area (Å²) in [6.45, 7) is 0.670. The molecule has 1 aromatic carbocycles. The van der Waals surface area contributed by atoms with Gasteiger partial charge in [-0.1, -0.05) is 15.9 Å². The van der Waals surface area contributed by atoms with Crippen LogP contribution in [0, 0.1) is 0 Å². The SMILES string of the molecule is COc1cc(CNc2ccc(Br)cc2CO)sn1. The lowest BCUT2D eigenvalue weighted by Crippen LogP contribution is -2.01. The third-order valence-electron chi connectivity index (χ3n) is 2.44. The van der Waals surface area contributed by atoms with Gasteiger partial charge in [0.15, 0.2) is 0 Å². The second kappa shape index (κ2) is 6.17. The van der Waals surface area contributed by atoms with Crippen molar-refractivity contribution >= 4 is 33.1 Å². The van der Waals surface area contributed by atoms with Crippen LogP contribution in [-0.2, 0) is 13.2 Å². The molecule has 2 N–H and O–H groups in total. The Bertz CT molecular complexity index is 531. The predicted octanol–water partition coefficient (Wildman–Crippen LogP) is 3.02. The van der Waals surface area contributed by atoms with Crippen LogP contribution in [0.3, 0.4) is 0 Å². The van der Waals surface area contributed by atoms with Crippen LogP contribution in [-0.4, -0.2) is 16.6 Å². The topological polar surface area (TPSA) is 54.4 Å². The van der Waals surface area contributed by atoms with E-state index in [1.807, 2.05) is 24.3 Å². The number of nitrogens with one attached hydrogen (secondary N) is 1. The van der Waals surface area contributed by atoms with Gasteiger partial charge in [-0.2, -0.15) is 4.37 Å². The first kappa shape index (κ1) is 13.3. The number of anilines is 1. The maximum Gasteiger partial charge on any atom is 0.225 e. The Labute approximate surface area is 118 Å². The van der Waals surface area contributed by atoms with Crippen molar-refractivity contribution in [3.05, 3.63) is 39.2 Å². The number of benzene rings is 1. The Balaban J connectivity index is 2.05. The van der Waals surface area contributed by atoms with Gasteiger partial charge in [0.1, 0.15) is 0 Å². The molecule has 1 heterocycles. The second-order valence-electron chi connectivity index (χ2n) is 3.65. The second-order valence-corrected chi connectivity index (χ2v) is 5.45. The predicted molar refractivity (Wildman–Crippen MR) is 76.1 cm³/mol. The molecule has 18 heavy (non-hydrogen) atoms. The molecular weight excluding hydrogens is 316 g/mol. The van der Waals surface area contributed by atoms with Crippen LogP contribution in [0.1, 0.15) is 10.4 Å². The molecule has 0 saturated heterocycles. The molecule has 0 saturated carbocycles. The van der Waals surface area contributed by atoms with Crippen molar-refractivity contribution in [2.45, 2.75) is 13.2 Å². The molecule has 0 aliphatic heterocycles. The monoisotopic (exact) mass is 328 g/mol. The largest absolute Gasteiger partial charge is 0.480 e. The molecule has 0 atom stereocenters. The number of aliphatic hydroxyl groups excluding tert-OH is 1. The summed E-state index contributed by atoms with van der Waals surface area (Å²) in [7, 11) is 1.60. The van der Waals surface area contributed by atoms with Gasteiger partial charge in [-0.25, -0.2) is 0 Å². The summed E-state index contributed by atoms with van der Waals surface area (Å²) in [4.78, 5) is 1.08. The van der Waals surface area contributed by atoms with Crippen LogP contribution in [0.2, 0.25) is 0 Å². The average Bonchev–Trinajstić information content (AvgIpc) is 2.85. The van der Waals surface area contributed by atoms with Crippen molar-refractivity contribution in [1.82, 2.24) is 4.37 Å². The zero-order chi connectivity index (χ0) is 13.0. The first-order valence-corrected chi connectivity index (χ1v) is 6.92. The summed E-state index contributed by atoms with van der Waals surface area (Å²) in [5.41, 5.74) is 1.79. The molecule has 0 fully saturated rings. The van der Waals surface area contributed by atoms with Crippen LogP contribution < -0.4 is 10.1 Å². The maximum absolute atomic E-state index is 9.29. The lowest BCUT2D eigenvalue weighted by atomic mass is 10.2. The smallest absolute Gasteiger partial charge is 0.225 e. The number of halogens is 1. The van der Waals surface area contributed by atoms with E-state index in [1.54, 1.807) is 7.11 Å². The minimum atomic E-state index is 0.00772. The number of hydrogen-bond donors (Lipinski definition) is 2. The Hall–Kier alpha value is -1.11. The van der Waals surface area contributed by atoms with E-state index in [4.69, 9.17) is 4.74 Å². The number of methoxy groups -OCH3 is 1. The minimum absolute atomic E-state index is 0.00772. The molecule has 96 valence electrons. The summed E-state index contributed by atoms with van der Waals surface area (Å²) in [5, 5.41) is 12.6. The zero-order valence-corrected chi connectivity index (χ0v) is 12.2. The van der Waals surface area contributed by atoms with E-state index in [2.05, 4.69) is 25.6 Å². The molecule has 0 aliphatic carbocycles. The van der Waals surface area contributed by atoms with Gasteiger partial charge in [-0.3, -0.25) is 0 Å². The van der Waals surface area contributed by atoms with Crippen molar-refractivity contribution in [3.8, 4) is 5.88 Å². The maximum atomic E-state index is 9.29. The van der Waals surface area contributed by atoms with E-state index in [0.717, 1.165) is 20.6 Å². The summed E-state index contributed by atoms with van der Waals surface area (Å²) in [6, 6.07) is 7.67. The summed E-state index contributed by atoms with van der Waals surface area (Å²) in [6.07, 6.45) is 0. The highest BCUT2D eigenvalue weighted by atomic mass is 79.9. The minimum Gasteiger partial charge on any atom is -0.480 e. The van der Waals surface area contributed by atoms with E-state index in [-0.39, 0.29) is 6.61 Å². The van der Waals surface area contributed by atoms with E-state index in [1.165, 1.54) is 11.5 Å². The number of nitrogens with zero attached hydrogens (tertiary/aromatic N) is 1. The van der Waals surface area contributed by atoms with Crippen molar-refractivity contribution < 1.29 is 9.84 Å². The average molecular weight is 329 g/mol. The number of hydrogen-bond acceptors (Lipinski definition) is 5. The van der Waals surface area contributed by atoms with E-state index in [9.17, 15) is 5.11 Å². The Kier molecular flexibility index (Phi) is 4.57. The molecule has 4 nitrogen and oxygen atoms in total. The number of aliphatic hydroxyl groups is 1. The van der Waals surface area contributed by atoms with Gasteiger partial charge in [0.2, 0.25) is 5.88 Å². The summed E-state index contributed by atoms with van der Waals surface area (Å²) >= 11 is 4.78. The van der Waals surface area contributed by atoms with E-state index < -0.39 is 0 Å². The molecule has 0 amide bonds. The lowest BCUT2D eigenvalue weighted by molar-refractivity contribution is 0.282. The zero-order valence-electron chi connectivity index (χ0n) is 9.81. The Morgan fingerprint density at radius 3 is 2.94 bits per heavy atom. The molecule has 6 heteroatoms. The highest BCUT2D eigenvalue weighted by Crippen LogP contribution is 2.23. The summed E-state index contributed by atoms with van der Waals surface area (Å²) < 4.78 is 10.1. The third kappa shape index (κ3) is 3.22. The lowest BCUT2D eigenvalue weighted by Gasteiger charge is -2.09. The van der Waals surface area contributed by atoms with Crippen LogP contribution in [0.4, 0.5) is 5.69 Å². The quantitative estimate of drug-likeness (QED) is 0.885. The molecule has 0 bridgehead atoms. The van der Waals surface area contributed by atoms with Gasteiger partial charge in [-0.05, 0) is 29.7 Å². The third-order valence-corrected chi connectivity index (χ3v) is 3.70. The standard InChI is InChI=1S/C12H13BrN2O2S/c1-17-12-5-10(18-15-12)6-14-11-3-2-9(13)4-8(11)7-16/h2-5,14,16H,6-7H2,1H3. The van der Waals surface area contributed by atoms with Gasteiger partial charge >= 0.3 is 0 Å². The first-order valence-electron chi connectivity index (χ1n) is 5.35. The van der Waals surface area contributed by atoms with Crippen molar-refractivity contribution in [1.29, 1.82) is 0 Å². The number of aromatic nitrogens is 1. The molecule has 0 spiro atoms. The van der Waals surface area contributed by atoms with Crippen molar-refractivity contribution in [2.75, 3.05) is 12.4 Å². The molecule has 1 aromatic heterocycles. The first-order chi connectivity index (χ1) is 8.72. The molecule has 0 radical (unpaired) electrons. The van der Waals surface area contributed by atoms with Gasteiger partial charge in [-0.15, -0.1) is 0 Å². The molecular formula is C12H13BrN2O2S. The fraction of sp³-hybridized carbons (Fsp3) is 0.250. The fourth-order valence-corrected chi connectivity index (χ4v) is 2.55. The molecule has 2 aromatic rings. The fourth-order valence-electron chi connectivity index (χ4n) is 1.52. The van der Waals surface area contributed by atoms with Crippen LogP contribution in [0.25, 0.3) is 0 Å². The molecule has 0 unspecified atom stereocenters. The number of rotatable bonds is 5. The Morgan fingerprint density at radius 1 is 1.44 bits per heavy atom. The van der Waals surface area contributed by atoms with Crippen molar-refractivity contribution in [2.24, 2.45) is 0 Å². The Morgan fingerprint density at radius 2 is 2.28 bits per heavy atom. The van der Waals surface area contributed by atoms with E-state index >= 15 is 0 Å². The van der Waals surface area contributed by atoms with Gasteiger partial charge in [0.25, 0.3) is 0 Å². The van der Waals surface area contributed by atoms with Gasteiger partial charge in [0, 0.05) is 26.7 Å². The molecule has 0 aliphatic rings. The highest BCUT2D eigenvalue weighted by Gasteiger charge is 2.05. The van der Waals surface area contributed by atoms with Crippen molar-refractivity contribution in [3.63, 3.8) is 0 Å². The normalized spacial score (nSPS) is 10.4. The number of ether oxygens (including phenoxy) is 1.